The Balaban J connectivity index is 2.19. The lowest BCUT2D eigenvalue weighted by Gasteiger charge is -2.37. The van der Waals surface area contributed by atoms with Crippen LogP contribution in [0.1, 0.15) is 22.9 Å². The number of pyridine rings is 1. The number of amidine groups is 1. The first kappa shape index (κ1) is 21.9. The van der Waals surface area contributed by atoms with Crippen LogP contribution in [0.2, 0.25) is 0 Å². The summed E-state index contributed by atoms with van der Waals surface area (Å²) < 4.78 is 70.1. The molecule has 0 radical (unpaired) electrons. The van der Waals surface area contributed by atoms with Gasteiger partial charge >= 0.3 is 26.4 Å². The highest BCUT2D eigenvalue weighted by molar-refractivity contribution is 7.93. The zero-order chi connectivity index (χ0) is 23.0. The molecule has 0 amide bonds. The molecular weight excluding hydrogens is 456 g/mol. The fourth-order valence-corrected chi connectivity index (χ4v) is 6.25. The van der Waals surface area contributed by atoms with Crippen molar-refractivity contribution in [1.29, 1.82) is 0 Å². The molecule has 2 N–H and O–H groups in total. The lowest BCUT2D eigenvalue weighted by Crippen LogP contribution is -2.65. The molecule has 12 heteroatoms. The average Bonchev–Trinajstić information content (AvgIpc) is 2.78. The van der Waals surface area contributed by atoms with E-state index in [0.717, 1.165) is 0 Å². The molecule has 32 heavy (non-hydrogen) atoms. The van der Waals surface area contributed by atoms with Gasteiger partial charge in [0.1, 0.15) is 11.4 Å². The Hall–Kier alpha value is -3.29. The van der Waals surface area contributed by atoms with Gasteiger partial charge in [0, 0.05) is 17.3 Å². The van der Waals surface area contributed by atoms with E-state index >= 15 is 0 Å². The maximum atomic E-state index is 12.9. The van der Waals surface area contributed by atoms with E-state index in [4.69, 9.17) is 0 Å². The molecule has 0 aliphatic carbocycles. The van der Waals surface area contributed by atoms with Crippen LogP contribution in [0.5, 0.6) is 0 Å². The first-order valence-corrected chi connectivity index (χ1v) is 12.0. The second-order valence-corrected chi connectivity index (χ2v) is 9.97. The molecule has 2 aromatic carbocycles. The molecular formula is C20H17N4O6S2+. The molecule has 1 unspecified atom stereocenters. The number of nitrogens with zero attached hydrogens (tertiary/aromatic N) is 4. The van der Waals surface area contributed by atoms with Crippen molar-refractivity contribution in [2.75, 3.05) is 0 Å². The summed E-state index contributed by atoms with van der Waals surface area (Å²) in [5, 5.41) is 7.99. The first-order valence-electron chi connectivity index (χ1n) is 9.20. The molecule has 0 saturated heterocycles. The van der Waals surface area contributed by atoms with Crippen molar-refractivity contribution in [1.82, 2.24) is 4.98 Å². The molecule has 1 aliphatic rings. The largest absolute Gasteiger partial charge is 0.457 e. The lowest BCUT2D eigenvalue weighted by atomic mass is 9.95. The Morgan fingerprint density at radius 2 is 1.28 bits per heavy atom. The summed E-state index contributed by atoms with van der Waals surface area (Å²) in [4.78, 5) is 3.98. The van der Waals surface area contributed by atoms with Gasteiger partial charge in [-0.25, -0.2) is 14.1 Å². The molecule has 164 valence electrons. The van der Waals surface area contributed by atoms with Crippen molar-refractivity contribution in [3.8, 4) is 0 Å². The molecule has 3 aromatic rings. The van der Waals surface area contributed by atoms with Crippen LogP contribution in [0.4, 0.5) is 0 Å². The third kappa shape index (κ3) is 3.43. The third-order valence-electron chi connectivity index (χ3n) is 4.91. The van der Waals surface area contributed by atoms with Crippen LogP contribution >= 0.6 is 0 Å². The number of hydrogen-bond acceptors (Lipinski definition) is 7. The Bertz CT molecular complexity index is 1380. The fraction of sp³-hybridized carbons (Fsp3) is 0.0500. The Labute approximate surface area is 184 Å². The summed E-state index contributed by atoms with van der Waals surface area (Å²) in [5.41, 5.74) is 0.194. The van der Waals surface area contributed by atoms with Crippen molar-refractivity contribution >= 4 is 32.2 Å². The van der Waals surface area contributed by atoms with Gasteiger partial charge in [0.15, 0.2) is 0 Å². The normalized spacial score (nSPS) is 18.5. The SMILES string of the molecule is O=S(=O)(O)[N+]1(S(=O)(=O)O)C(c2ccccn2)=NN=C(c2ccccc2)C1c1ccccc1. The average molecular weight is 474 g/mol. The van der Waals surface area contributed by atoms with Gasteiger partial charge in [-0.15, -0.1) is 21.9 Å². The molecule has 0 bridgehead atoms. The second kappa shape index (κ2) is 8.00. The van der Waals surface area contributed by atoms with E-state index in [1.54, 1.807) is 48.5 Å². The fourth-order valence-electron chi connectivity index (χ4n) is 3.63. The van der Waals surface area contributed by atoms with Crippen LogP contribution < -0.4 is 0 Å². The summed E-state index contributed by atoms with van der Waals surface area (Å²) in [6, 6.07) is 18.4. The standard InChI is InChI=1S/C20H16N4O6S2/c25-31(26,27)24(32(28,29)30)19(16-11-5-2-6-12-16)18(15-9-3-1-4-10-15)22-23-20(24)17-13-7-8-14-21-17/h1-14,19H,(H-,25,26,27,28,29,30)/p+1. The smallest absolute Gasteiger partial charge is 0.249 e. The summed E-state index contributed by atoms with van der Waals surface area (Å²) in [6.07, 6.45) is 1.29. The molecule has 0 saturated carbocycles. The highest BCUT2D eigenvalue weighted by atomic mass is 32.3. The van der Waals surface area contributed by atoms with Gasteiger partial charge in [-0.05, 0) is 15.4 Å². The van der Waals surface area contributed by atoms with Crippen LogP contribution in [0.25, 0.3) is 0 Å². The van der Waals surface area contributed by atoms with E-state index in [1.807, 2.05) is 0 Å². The summed E-state index contributed by atoms with van der Waals surface area (Å²) >= 11 is 0. The third-order valence-corrected chi connectivity index (χ3v) is 8.18. The van der Waals surface area contributed by atoms with Crippen molar-refractivity contribution < 1.29 is 29.2 Å². The van der Waals surface area contributed by atoms with Gasteiger partial charge in [0.05, 0.1) is 0 Å². The molecule has 1 aliphatic heterocycles. The number of rotatable bonds is 5. The van der Waals surface area contributed by atoms with Crippen LogP contribution in [0.15, 0.2) is 95.3 Å². The highest BCUT2D eigenvalue weighted by Crippen LogP contribution is 2.43. The van der Waals surface area contributed by atoms with E-state index in [1.165, 1.54) is 36.5 Å². The lowest BCUT2D eigenvalue weighted by molar-refractivity contribution is -0.606. The Morgan fingerprint density at radius 3 is 1.81 bits per heavy atom. The Morgan fingerprint density at radius 1 is 0.719 bits per heavy atom. The van der Waals surface area contributed by atoms with E-state index in [0.29, 0.717) is 5.56 Å². The van der Waals surface area contributed by atoms with Gasteiger partial charge in [-0.3, -0.25) is 0 Å². The zero-order valence-electron chi connectivity index (χ0n) is 16.3. The molecule has 4 rings (SSSR count). The van der Waals surface area contributed by atoms with E-state index < -0.39 is 35.8 Å². The first-order chi connectivity index (χ1) is 15.2. The predicted molar refractivity (Wildman–Crippen MR) is 116 cm³/mol. The van der Waals surface area contributed by atoms with Crippen molar-refractivity contribution in [3.05, 3.63) is 102 Å². The molecule has 1 atom stereocenters. The van der Waals surface area contributed by atoms with Crippen LogP contribution in [0.3, 0.4) is 0 Å². The van der Waals surface area contributed by atoms with Gasteiger partial charge < -0.3 is 0 Å². The predicted octanol–water partition coefficient (Wildman–Crippen LogP) is 2.41. The maximum absolute atomic E-state index is 12.9. The summed E-state index contributed by atoms with van der Waals surface area (Å²) in [7, 11) is -11.3. The van der Waals surface area contributed by atoms with E-state index in [2.05, 4.69) is 15.2 Å². The van der Waals surface area contributed by atoms with Gasteiger partial charge in [0.2, 0.25) is 6.04 Å². The van der Waals surface area contributed by atoms with Crippen LogP contribution in [-0.2, 0) is 20.6 Å². The second-order valence-electron chi connectivity index (χ2n) is 6.80. The van der Waals surface area contributed by atoms with Crippen LogP contribution in [-0.4, -0.2) is 45.8 Å². The molecule has 10 nitrogen and oxygen atoms in total. The minimum atomic E-state index is -5.63. The summed E-state index contributed by atoms with van der Waals surface area (Å²) in [5.74, 6) is -0.774. The van der Waals surface area contributed by atoms with Crippen molar-refractivity contribution in [3.63, 3.8) is 0 Å². The molecule has 2 heterocycles. The minimum Gasteiger partial charge on any atom is -0.249 e. The number of hydrogen-bond donors (Lipinski definition) is 2. The number of aromatic nitrogens is 1. The highest BCUT2D eigenvalue weighted by Gasteiger charge is 2.67. The number of benzene rings is 2. The van der Waals surface area contributed by atoms with E-state index in [9.17, 15) is 25.9 Å². The monoisotopic (exact) mass is 473 g/mol. The maximum Gasteiger partial charge on any atom is 0.457 e. The Kier molecular flexibility index (Phi) is 5.48. The topological polar surface area (TPSA) is 146 Å². The van der Waals surface area contributed by atoms with Crippen molar-refractivity contribution in [2.24, 2.45) is 10.2 Å². The van der Waals surface area contributed by atoms with Gasteiger partial charge in [-0.1, -0.05) is 71.8 Å². The van der Waals surface area contributed by atoms with Gasteiger partial charge in [0.25, 0.3) is 0 Å². The minimum absolute atomic E-state index is 0.0910. The van der Waals surface area contributed by atoms with Crippen LogP contribution in [0, 0.1) is 0 Å². The zero-order valence-corrected chi connectivity index (χ0v) is 17.9. The van der Waals surface area contributed by atoms with E-state index in [-0.39, 0.29) is 17.0 Å². The van der Waals surface area contributed by atoms with Crippen molar-refractivity contribution in [2.45, 2.75) is 6.04 Å². The quantitative estimate of drug-likeness (QED) is 0.427. The molecule has 1 aromatic heterocycles. The summed E-state index contributed by atoms with van der Waals surface area (Å²) in [6.45, 7) is 0. The molecule has 0 fully saturated rings. The molecule has 0 spiro atoms. The number of quaternary nitrogens is 1. The van der Waals surface area contributed by atoms with Gasteiger partial charge in [-0.2, -0.15) is 0 Å².